The number of amides is 3. The highest BCUT2D eigenvalue weighted by atomic mass is 16.6. The Labute approximate surface area is 155 Å². The summed E-state index contributed by atoms with van der Waals surface area (Å²) in [6, 6.07) is 8.27. The summed E-state index contributed by atoms with van der Waals surface area (Å²) in [6.07, 6.45) is 2.62. The molecule has 0 unspecified atom stereocenters. The van der Waals surface area contributed by atoms with Crippen LogP contribution >= 0.6 is 0 Å². The van der Waals surface area contributed by atoms with Gasteiger partial charge in [-0.1, -0.05) is 12.1 Å². The number of rotatable bonds is 2. The Morgan fingerprint density at radius 2 is 1.77 bits per heavy atom. The molecule has 0 radical (unpaired) electrons. The maximum absolute atomic E-state index is 12.2. The lowest BCUT2D eigenvalue weighted by Crippen LogP contribution is -2.46. The van der Waals surface area contributed by atoms with Crippen molar-refractivity contribution < 1.29 is 14.3 Å². The van der Waals surface area contributed by atoms with E-state index in [1.165, 1.54) is 5.56 Å². The number of anilines is 1. The molecule has 0 spiro atoms. The summed E-state index contributed by atoms with van der Waals surface area (Å²) in [4.78, 5) is 27.7. The molecule has 26 heavy (non-hydrogen) atoms. The second-order valence-corrected chi connectivity index (χ2v) is 8.07. The highest BCUT2D eigenvalue weighted by Gasteiger charge is 2.27. The van der Waals surface area contributed by atoms with Crippen LogP contribution in [0.4, 0.5) is 15.3 Å². The molecule has 1 aromatic rings. The zero-order valence-electron chi connectivity index (χ0n) is 16.0. The van der Waals surface area contributed by atoms with Crippen molar-refractivity contribution in [2.24, 2.45) is 0 Å². The van der Waals surface area contributed by atoms with Crippen LogP contribution in [0.15, 0.2) is 24.3 Å². The molecule has 3 rings (SSSR count). The molecular weight excluding hydrogens is 330 g/mol. The summed E-state index contributed by atoms with van der Waals surface area (Å²) in [5.74, 6) is 0.443. The zero-order valence-corrected chi connectivity index (χ0v) is 16.0. The minimum atomic E-state index is -0.454. The van der Waals surface area contributed by atoms with Crippen LogP contribution in [0.2, 0.25) is 0 Å². The third-order valence-corrected chi connectivity index (χ3v) is 4.90. The molecule has 1 aromatic carbocycles. The molecule has 1 N–H and O–H groups in total. The first kappa shape index (κ1) is 18.5. The molecule has 0 saturated carbocycles. The predicted octanol–water partition coefficient (Wildman–Crippen LogP) is 3.72. The Kier molecular flexibility index (Phi) is 5.39. The van der Waals surface area contributed by atoms with E-state index in [1.807, 2.05) is 32.9 Å². The van der Waals surface area contributed by atoms with E-state index in [1.54, 1.807) is 9.80 Å². The fourth-order valence-electron chi connectivity index (χ4n) is 3.52. The monoisotopic (exact) mass is 359 g/mol. The quantitative estimate of drug-likeness (QED) is 0.875. The van der Waals surface area contributed by atoms with Gasteiger partial charge in [-0.3, -0.25) is 4.90 Å². The number of ether oxygens (including phenoxy) is 1. The maximum Gasteiger partial charge on any atom is 0.410 e. The number of hydrogen-bond donors (Lipinski definition) is 1. The van der Waals surface area contributed by atoms with Crippen LogP contribution in [-0.2, 0) is 4.74 Å². The number of benzene rings is 1. The average Bonchev–Trinajstić information content (AvgIpc) is 2.61. The van der Waals surface area contributed by atoms with E-state index < -0.39 is 5.60 Å². The van der Waals surface area contributed by atoms with E-state index in [0.29, 0.717) is 5.92 Å². The van der Waals surface area contributed by atoms with E-state index in [2.05, 4.69) is 17.4 Å². The number of urea groups is 1. The van der Waals surface area contributed by atoms with Crippen LogP contribution in [0.1, 0.15) is 51.5 Å². The lowest BCUT2D eigenvalue weighted by Gasteiger charge is -2.34. The van der Waals surface area contributed by atoms with Crippen LogP contribution in [0.5, 0.6) is 0 Å². The van der Waals surface area contributed by atoms with Gasteiger partial charge in [0.05, 0.1) is 0 Å². The summed E-state index contributed by atoms with van der Waals surface area (Å²) < 4.78 is 5.45. The minimum Gasteiger partial charge on any atom is -0.444 e. The van der Waals surface area contributed by atoms with E-state index >= 15 is 0 Å². The molecule has 2 saturated heterocycles. The van der Waals surface area contributed by atoms with Gasteiger partial charge in [0.2, 0.25) is 0 Å². The van der Waals surface area contributed by atoms with Crippen molar-refractivity contribution in [2.45, 2.75) is 51.6 Å². The van der Waals surface area contributed by atoms with Gasteiger partial charge in [0, 0.05) is 31.9 Å². The molecule has 0 bridgehead atoms. The molecule has 2 aliphatic rings. The van der Waals surface area contributed by atoms with Crippen LogP contribution < -0.4 is 10.2 Å². The van der Waals surface area contributed by atoms with Gasteiger partial charge in [-0.05, 0) is 63.6 Å². The van der Waals surface area contributed by atoms with Crippen molar-refractivity contribution in [3.8, 4) is 0 Å². The van der Waals surface area contributed by atoms with E-state index in [0.717, 1.165) is 51.1 Å². The molecule has 142 valence electrons. The van der Waals surface area contributed by atoms with Crippen LogP contribution in [0.25, 0.3) is 0 Å². The minimum absolute atomic E-state index is 0.0188. The SMILES string of the molecule is CC(C)(C)OC(=O)N1CCC(c2ccc(N3CCCNC3=O)cc2)CC1. The van der Waals surface area contributed by atoms with E-state index in [-0.39, 0.29) is 12.1 Å². The molecular formula is C20H29N3O3. The van der Waals surface area contributed by atoms with Crippen LogP contribution in [-0.4, -0.2) is 48.8 Å². The highest BCUT2D eigenvalue weighted by molar-refractivity contribution is 5.92. The fourth-order valence-corrected chi connectivity index (χ4v) is 3.52. The van der Waals surface area contributed by atoms with Gasteiger partial charge >= 0.3 is 12.1 Å². The number of hydrogen-bond acceptors (Lipinski definition) is 3. The van der Waals surface area contributed by atoms with Crippen molar-refractivity contribution >= 4 is 17.8 Å². The standard InChI is InChI=1S/C20H29N3O3/c1-20(2,3)26-19(25)22-13-9-16(10-14-22)15-5-7-17(8-6-15)23-12-4-11-21-18(23)24/h5-8,16H,4,9-14H2,1-3H3,(H,21,24). The lowest BCUT2D eigenvalue weighted by atomic mass is 9.89. The van der Waals surface area contributed by atoms with E-state index in [4.69, 9.17) is 4.74 Å². The van der Waals surface area contributed by atoms with E-state index in [9.17, 15) is 9.59 Å². The third-order valence-electron chi connectivity index (χ3n) is 4.90. The molecule has 0 atom stereocenters. The Balaban J connectivity index is 1.56. The Morgan fingerprint density at radius 3 is 2.35 bits per heavy atom. The first-order valence-electron chi connectivity index (χ1n) is 9.47. The van der Waals surface area contributed by atoms with Crippen molar-refractivity contribution in [1.82, 2.24) is 10.2 Å². The van der Waals surface area contributed by atoms with Crippen molar-refractivity contribution in [3.05, 3.63) is 29.8 Å². The van der Waals surface area contributed by atoms with Gasteiger partial charge in [0.15, 0.2) is 0 Å². The summed E-state index contributed by atoms with van der Waals surface area (Å²) in [5, 5.41) is 2.88. The summed E-state index contributed by atoms with van der Waals surface area (Å²) in [7, 11) is 0. The first-order valence-corrected chi connectivity index (χ1v) is 9.47. The predicted molar refractivity (Wildman–Crippen MR) is 102 cm³/mol. The van der Waals surface area contributed by atoms with Gasteiger partial charge in [-0.15, -0.1) is 0 Å². The van der Waals surface area contributed by atoms with Crippen molar-refractivity contribution in [1.29, 1.82) is 0 Å². The third kappa shape index (κ3) is 4.48. The second kappa shape index (κ2) is 7.56. The zero-order chi connectivity index (χ0) is 18.7. The number of nitrogens with one attached hydrogen (secondary N) is 1. The van der Waals surface area contributed by atoms with Gasteiger partial charge in [0.1, 0.15) is 5.60 Å². The molecule has 0 aromatic heterocycles. The maximum atomic E-state index is 12.2. The number of carbonyl (C=O) groups is 2. The molecule has 0 aliphatic carbocycles. The fraction of sp³-hybridized carbons (Fsp3) is 0.600. The lowest BCUT2D eigenvalue weighted by molar-refractivity contribution is 0.0205. The molecule has 6 nitrogen and oxygen atoms in total. The number of likely N-dealkylation sites (tertiary alicyclic amines) is 1. The normalized spacial score (nSPS) is 19.3. The summed E-state index contributed by atoms with van der Waals surface area (Å²) in [6.45, 7) is 8.63. The highest BCUT2D eigenvalue weighted by Crippen LogP contribution is 2.30. The largest absolute Gasteiger partial charge is 0.444 e. The molecule has 2 heterocycles. The van der Waals surface area contributed by atoms with Crippen molar-refractivity contribution in [3.63, 3.8) is 0 Å². The van der Waals surface area contributed by atoms with Gasteiger partial charge in [0.25, 0.3) is 0 Å². The van der Waals surface area contributed by atoms with Crippen LogP contribution in [0.3, 0.4) is 0 Å². The average molecular weight is 359 g/mol. The Hall–Kier alpha value is -2.24. The van der Waals surface area contributed by atoms with Gasteiger partial charge < -0.3 is 15.0 Å². The molecule has 2 aliphatic heterocycles. The number of piperidine rings is 1. The first-order chi connectivity index (χ1) is 12.3. The van der Waals surface area contributed by atoms with Gasteiger partial charge in [-0.25, -0.2) is 9.59 Å². The molecule has 2 fully saturated rings. The summed E-state index contributed by atoms with van der Waals surface area (Å²) in [5.41, 5.74) is 1.76. The Bertz CT molecular complexity index is 643. The molecule has 3 amide bonds. The number of nitrogens with zero attached hydrogens (tertiary/aromatic N) is 2. The van der Waals surface area contributed by atoms with Gasteiger partial charge in [-0.2, -0.15) is 0 Å². The van der Waals surface area contributed by atoms with Crippen LogP contribution in [0, 0.1) is 0 Å². The van der Waals surface area contributed by atoms with Crippen molar-refractivity contribution in [2.75, 3.05) is 31.1 Å². The smallest absolute Gasteiger partial charge is 0.410 e. The summed E-state index contributed by atoms with van der Waals surface area (Å²) >= 11 is 0. The molecule has 6 heteroatoms. The Morgan fingerprint density at radius 1 is 1.12 bits per heavy atom. The second-order valence-electron chi connectivity index (χ2n) is 8.07. The topological polar surface area (TPSA) is 61.9 Å². The number of carbonyl (C=O) groups excluding carboxylic acids is 2.